The Hall–Kier alpha value is -4.03. The van der Waals surface area contributed by atoms with Gasteiger partial charge in [-0.3, -0.25) is 0 Å². The molecular weight excluding hydrogens is 430 g/mol. The van der Waals surface area contributed by atoms with Crippen molar-refractivity contribution in [3.05, 3.63) is 107 Å². The molecule has 0 spiro atoms. The number of nitrogens with zero attached hydrogens (tertiary/aromatic N) is 2. The molecule has 0 aliphatic heterocycles. The highest BCUT2D eigenvalue weighted by atomic mass is 32.1. The van der Waals surface area contributed by atoms with E-state index in [1.54, 1.807) is 35.6 Å². The van der Waals surface area contributed by atoms with Gasteiger partial charge in [0.15, 0.2) is 5.82 Å². The molecule has 0 aliphatic carbocycles. The average Bonchev–Trinajstić information content (AvgIpc) is 3.30. The molecule has 0 saturated heterocycles. The Kier molecular flexibility index (Phi) is 6.76. The van der Waals surface area contributed by atoms with Gasteiger partial charge in [0.05, 0.1) is 10.4 Å². The van der Waals surface area contributed by atoms with Crippen molar-refractivity contribution in [1.82, 2.24) is 9.97 Å². The minimum Gasteiger partial charge on any atom is -0.478 e. The molecule has 0 saturated carbocycles. The zero-order valence-corrected chi connectivity index (χ0v) is 19.0. The van der Waals surface area contributed by atoms with E-state index in [1.807, 2.05) is 31.2 Å². The van der Waals surface area contributed by atoms with Gasteiger partial charge in [0.2, 0.25) is 0 Å². The molecular formula is C27H23N3O2S. The summed E-state index contributed by atoms with van der Waals surface area (Å²) in [6.07, 6.45) is 6.61. The van der Waals surface area contributed by atoms with Gasteiger partial charge in [-0.25, -0.2) is 14.8 Å². The fourth-order valence-electron chi connectivity index (χ4n) is 3.34. The Morgan fingerprint density at radius 1 is 1.06 bits per heavy atom. The lowest BCUT2D eigenvalue weighted by molar-refractivity contribution is 0.0697. The van der Waals surface area contributed by atoms with Crippen LogP contribution in [0.5, 0.6) is 0 Å². The third kappa shape index (κ3) is 5.42. The smallest absolute Gasteiger partial charge is 0.335 e. The van der Waals surface area contributed by atoms with E-state index >= 15 is 0 Å². The van der Waals surface area contributed by atoms with Crippen molar-refractivity contribution >= 4 is 41.0 Å². The summed E-state index contributed by atoms with van der Waals surface area (Å²) in [5.41, 5.74) is 5.06. The van der Waals surface area contributed by atoms with Crippen molar-refractivity contribution in [3.8, 4) is 10.7 Å². The second kappa shape index (κ2) is 10.1. The number of hydrogen-bond donors (Lipinski definition) is 2. The molecule has 4 rings (SSSR count). The monoisotopic (exact) mass is 453 g/mol. The lowest BCUT2D eigenvalue weighted by Gasteiger charge is -2.14. The van der Waals surface area contributed by atoms with Gasteiger partial charge < -0.3 is 10.4 Å². The van der Waals surface area contributed by atoms with Crippen LogP contribution in [0.15, 0.2) is 78.7 Å². The van der Waals surface area contributed by atoms with E-state index in [-0.39, 0.29) is 5.56 Å². The summed E-state index contributed by atoms with van der Waals surface area (Å²) in [6, 6.07) is 18.8. The quantitative estimate of drug-likeness (QED) is 0.285. The first-order valence-electron chi connectivity index (χ1n) is 10.4. The second-order valence-electron chi connectivity index (χ2n) is 7.45. The van der Waals surface area contributed by atoms with Gasteiger partial charge in [0.1, 0.15) is 5.82 Å². The molecule has 0 fully saturated rings. The Balaban J connectivity index is 1.63. The molecule has 4 aromatic rings. The van der Waals surface area contributed by atoms with Gasteiger partial charge >= 0.3 is 5.97 Å². The van der Waals surface area contributed by atoms with Crippen molar-refractivity contribution < 1.29 is 9.90 Å². The number of thiophene rings is 1. The number of anilines is 2. The molecule has 0 amide bonds. The molecule has 2 heterocycles. The summed E-state index contributed by atoms with van der Waals surface area (Å²) >= 11 is 1.60. The molecule has 2 aromatic heterocycles. The SMILES string of the molecule is C=CCc1c(C)nc(-c2cc(/C=C/c3ccccc3)cs2)nc1Nc1ccc(C(=O)O)cc1. The molecule has 0 aliphatic rings. The highest BCUT2D eigenvalue weighted by molar-refractivity contribution is 7.13. The van der Waals surface area contributed by atoms with Crippen LogP contribution in [0.3, 0.4) is 0 Å². The van der Waals surface area contributed by atoms with Crippen molar-refractivity contribution in [1.29, 1.82) is 0 Å². The minimum atomic E-state index is -0.955. The number of aryl methyl sites for hydroxylation is 1. The van der Waals surface area contributed by atoms with Crippen molar-refractivity contribution in [2.45, 2.75) is 13.3 Å². The maximum Gasteiger partial charge on any atom is 0.335 e. The highest BCUT2D eigenvalue weighted by Gasteiger charge is 2.14. The molecule has 5 nitrogen and oxygen atoms in total. The molecule has 0 atom stereocenters. The first-order valence-corrected chi connectivity index (χ1v) is 11.3. The zero-order valence-electron chi connectivity index (χ0n) is 18.2. The van der Waals surface area contributed by atoms with E-state index in [4.69, 9.17) is 15.1 Å². The van der Waals surface area contributed by atoms with Crippen LogP contribution in [0, 0.1) is 6.92 Å². The summed E-state index contributed by atoms with van der Waals surface area (Å²) in [6.45, 7) is 5.82. The topological polar surface area (TPSA) is 75.1 Å². The number of nitrogens with one attached hydrogen (secondary N) is 1. The Morgan fingerprint density at radius 2 is 1.79 bits per heavy atom. The van der Waals surface area contributed by atoms with Crippen LogP contribution in [0.25, 0.3) is 22.9 Å². The first-order chi connectivity index (χ1) is 16.0. The van der Waals surface area contributed by atoms with Crippen LogP contribution in [-0.4, -0.2) is 21.0 Å². The van der Waals surface area contributed by atoms with E-state index < -0.39 is 5.97 Å². The second-order valence-corrected chi connectivity index (χ2v) is 8.36. The lowest BCUT2D eigenvalue weighted by Crippen LogP contribution is -2.05. The van der Waals surface area contributed by atoms with Gasteiger partial charge in [-0.15, -0.1) is 17.9 Å². The molecule has 33 heavy (non-hydrogen) atoms. The average molecular weight is 454 g/mol. The number of aromatic nitrogens is 2. The summed E-state index contributed by atoms with van der Waals surface area (Å²) in [5, 5.41) is 14.5. The van der Waals surface area contributed by atoms with E-state index in [0.717, 1.165) is 32.9 Å². The van der Waals surface area contributed by atoms with Crippen LogP contribution < -0.4 is 5.32 Å². The minimum absolute atomic E-state index is 0.237. The van der Waals surface area contributed by atoms with Crippen LogP contribution in [0.2, 0.25) is 0 Å². The molecule has 0 radical (unpaired) electrons. The Bertz CT molecular complexity index is 1310. The normalized spacial score (nSPS) is 10.9. The summed E-state index contributed by atoms with van der Waals surface area (Å²) < 4.78 is 0. The number of carboxylic acid groups (broad SMARTS) is 1. The van der Waals surface area contributed by atoms with Crippen LogP contribution in [-0.2, 0) is 6.42 Å². The summed E-state index contributed by atoms with van der Waals surface area (Å²) in [5.74, 6) is 0.383. The largest absolute Gasteiger partial charge is 0.478 e. The molecule has 6 heteroatoms. The number of rotatable bonds is 8. The molecule has 0 bridgehead atoms. The summed E-state index contributed by atoms with van der Waals surface area (Å²) in [4.78, 5) is 21.7. The third-order valence-electron chi connectivity index (χ3n) is 5.06. The number of carbonyl (C=O) groups is 1. The maximum absolute atomic E-state index is 11.1. The molecule has 2 N–H and O–H groups in total. The molecule has 2 aromatic carbocycles. The Labute approximate surface area is 196 Å². The predicted octanol–water partition coefficient (Wildman–Crippen LogP) is 6.85. The first kappa shape index (κ1) is 22.2. The number of carboxylic acids is 1. The predicted molar refractivity (Wildman–Crippen MR) is 136 cm³/mol. The van der Waals surface area contributed by atoms with Crippen molar-refractivity contribution in [2.24, 2.45) is 0 Å². The van der Waals surface area contributed by atoms with E-state index in [0.29, 0.717) is 18.1 Å². The standard InChI is InChI=1S/C27H23N3O2S/c1-3-7-23-18(2)28-26(30-25(23)29-22-14-12-21(13-15-22)27(31)32)24-16-20(17-33-24)11-10-19-8-5-4-6-9-19/h3-6,8-17H,1,7H2,2H3,(H,31,32)(H,28,29,30)/b11-10+. The van der Waals surface area contributed by atoms with Gasteiger partial charge in [-0.1, -0.05) is 48.6 Å². The summed E-state index contributed by atoms with van der Waals surface area (Å²) in [7, 11) is 0. The number of hydrogen-bond acceptors (Lipinski definition) is 5. The fourth-order valence-corrected chi connectivity index (χ4v) is 4.15. The highest BCUT2D eigenvalue weighted by Crippen LogP contribution is 2.30. The molecule has 0 unspecified atom stereocenters. The number of aromatic carboxylic acids is 1. The van der Waals surface area contributed by atoms with Crippen LogP contribution in [0.4, 0.5) is 11.5 Å². The van der Waals surface area contributed by atoms with Crippen molar-refractivity contribution in [3.63, 3.8) is 0 Å². The maximum atomic E-state index is 11.1. The van der Waals surface area contributed by atoms with Crippen LogP contribution >= 0.6 is 11.3 Å². The molecule has 164 valence electrons. The van der Waals surface area contributed by atoms with Crippen LogP contribution in [0.1, 0.15) is 32.7 Å². The van der Waals surface area contributed by atoms with Gasteiger partial charge in [-0.2, -0.15) is 0 Å². The fraction of sp³-hybridized carbons (Fsp3) is 0.0741. The van der Waals surface area contributed by atoms with Gasteiger partial charge in [-0.05, 0) is 60.2 Å². The van der Waals surface area contributed by atoms with Crippen molar-refractivity contribution in [2.75, 3.05) is 5.32 Å². The zero-order chi connectivity index (χ0) is 23.2. The van der Waals surface area contributed by atoms with E-state index in [1.165, 1.54) is 0 Å². The van der Waals surface area contributed by atoms with Gasteiger partial charge in [0, 0.05) is 16.9 Å². The lowest BCUT2D eigenvalue weighted by atomic mass is 10.1. The van der Waals surface area contributed by atoms with E-state index in [9.17, 15) is 4.79 Å². The van der Waals surface area contributed by atoms with E-state index in [2.05, 4.69) is 47.6 Å². The number of allylic oxidation sites excluding steroid dienone is 1. The van der Waals surface area contributed by atoms with Gasteiger partial charge in [0.25, 0.3) is 0 Å². The third-order valence-corrected chi connectivity index (χ3v) is 6.01. The number of benzene rings is 2. The Morgan fingerprint density at radius 3 is 2.48 bits per heavy atom.